The molecule has 4 nitrogen and oxygen atoms in total. The van der Waals surface area contributed by atoms with Gasteiger partial charge in [-0.3, -0.25) is 0 Å². The maximum atomic E-state index is 11.3. The van der Waals surface area contributed by atoms with Gasteiger partial charge >= 0.3 is 0 Å². The molecule has 96 valence electrons. The van der Waals surface area contributed by atoms with Gasteiger partial charge in [0.15, 0.2) is 9.84 Å². The van der Waals surface area contributed by atoms with Crippen molar-refractivity contribution in [3.63, 3.8) is 0 Å². The SMILES string of the molecule is COC(C)(C)CCOC1CS(=O)(=O)CC1Br. The summed E-state index contributed by atoms with van der Waals surface area (Å²) in [6, 6.07) is 0. The number of ether oxygens (including phenoxy) is 2. The van der Waals surface area contributed by atoms with E-state index in [0.717, 1.165) is 6.42 Å². The van der Waals surface area contributed by atoms with Gasteiger partial charge in [-0.25, -0.2) is 8.42 Å². The van der Waals surface area contributed by atoms with Crippen molar-refractivity contribution < 1.29 is 17.9 Å². The molecule has 0 aromatic heterocycles. The molecule has 0 aromatic carbocycles. The van der Waals surface area contributed by atoms with E-state index in [4.69, 9.17) is 9.47 Å². The quantitative estimate of drug-likeness (QED) is 0.719. The molecule has 2 atom stereocenters. The minimum absolute atomic E-state index is 0.0804. The molecule has 1 heterocycles. The average molecular weight is 315 g/mol. The van der Waals surface area contributed by atoms with Crippen molar-refractivity contribution in [2.75, 3.05) is 25.2 Å². The Kier molecular flexibility index (Phi) is 4.80. The average Bonchev–Trinajstić information content (AvgIpc) is 2.39. The summed E-state index contributed by atoms with van der Waals surface area (Å²) >= 11 is 3.34. The van der Waals surface area contributed by atoms with Crippen molar-refractivity contribution in [2.24, 2.45) is 0 Å². The van der Waals surface area contributed by atoms with Gasteiger partial charge in [0.2, 0.25) is 0 Å². The van der Waals surface area contributed by atoms with Crippen LogP contribution in [0.15, 0.2) is 0 Å². The maximum absolute atomic E-state index is 11.3. The second-order valence-corrected chi connectivity index (χ2v) is 8.05. The second kappa shape index (κ2) is 5.33. The molecule has 1 saturated heterocycles. The molecule has 0 aromatic rings. The number of alkyl halides is 1. The van der Waals surface area contributed by atoms with Crippen LogP contribution in [-0.4, -0.2) is 50.2 Å². The predicted molar refractivity (Wildman–Crippen MR) is 66.8 cm³/mol. The fourth-order valence-corrected chi connectivity index (χ4v) is 4.94. The number of halogens is 1. The van der Waals surface area contributed by atoms with Gasteiger partial charge in [0.1, 0.15) is 0 Å². The van der Waals surface area contributed by atoms with Crippen LogP contribution in [0.25, 0.3) is 0 Å². The predicted octanol–water partition coefficient (Wildman–Crippen LogP) is 1.38. The highest BCUT2D eigenvalue weighted by Crippen LogP contribution is 2.23. The van der Waals surface area contributed by atoms with Crippen LogP contribution in [0.5, 0.6) is 0 Å². The van der Waals surface area contributed by atoms with E-state index < -0.39 is 9.84 Å². The molecule has 16 heavy (non-hydrogen) atoms. The Hall–Kier alpha value is 0.350. The van der Waals surface area contributed by atoms with Gasteiger partial charge in [-0.2, -0.15) is 0 Å². The lowest BCUT2D eigenvalue weighted by atomic mass is 10.1. The molecule has 1 aliphatic rings. The highest BCUT2D eigenvalue weighted by Gasteiger charge is 2.36. The zero-order chi connectivity index (χ0) is 12.4. The summed E-state index contributed by atoms with van der Waals surface area (Å²) in [5, 5.41) is 0. The van der Waals surface area contributed by atoms with Gasteiger partial charge in [-0.05, 0) is 20.3 Å². The van der Waals surface area contributed by atoms with Crippen molar-refractivity contribution in [1.29, 1.82) is 0 Å². The molecule has 1 aliphatic heterocycles. The van der Waals surface area contributed by atoms with Gasteiger partial charge in [0.05, 0.1) is 28.0 Å². The maximum Gasteiger partial charge on any atom is 0.154 e. The summed E-state index contributed by atoms with van der Waals surface area (Å²) in [4.78, 5) is -0.0804. The number of hydrogen-bond acceptors (Lipinski definition) is 4. The van der Waals surface area contributed by atoms with Gasteiger partial charge < -0.3 is 9.47 Å². The van der Waals surface area contributed by atoms with Crippen LogP contribution in [0, 0.1) is 0 Å². The number of sulfone groups is 1. The van der Waals surface area contributed by atoms with Crippen LogP contribution in [0.4, 0.5) is 0 Å². The third kappa shape index (κ3) is 4.31. The summed E-state index contributed by atoms with van der Waals surface area (Å²) in [5.74, 6) is 0.293. The summed E-state index contributed by atoms with van der Waals surface area (Å²) in [5.41, 5.74) is -0.223. The van der Waals surface area contributed by atoms with Gasteiger partial charge in [0, 0.05) is 13.7 Å². The van der Waals surface area contributed by atoms with Crippen molar-refractivity contribution in [3.8, 4) is 0 Å². The van der Waals surface area contributed by atoms with Crippen molar-refractivity contribution in [2.45, 2.75) is 36.8 Å². The Labute approximate surface area is 106 Å². The van der Waals surface area contributed by atoms with E-state index in [1.807, 2.05) is 13.8 Å². The summed E-state index contributed by atoms with van der Waals surface area (Å²) in [7, 11) is -1.26. The molecule has 1 fully saturated rings. The summed E-state index contributed by atoms with van der Waals surface area (Å²) in [6.45, 7) is 4.48. The molecule has 0 aliphatic carbocycles. The highest BCUT2D eigenvalue weighted by molar-refractivity contribution is 9.09. The first-order valence-corrected chi connectivity index (χ1v) is 8.01. The Morgan fingerprint density at radius 2 is 2.00 bits per heavy atom. The number of hydrogen-bond donors (Lipinski definition) is 0. The first kappa shape index (κ1) is 14.4. The molecular weight excluding hydrogens is 296 g/mol. The topological polar surface area (TPSA) is 52.6 Å². The molecule has 0 amide bonds. The van der Waals surface area contributed by atoms with Crippen LogP contribution in [-0.2, 0) is 19.3 Å². The van der Waals surface area contributed by atoms with E-state index in [9.17, 15) is 8.42 Å². The van der Waals surface area contributed by atoms with Crippen LogP contribution in [0.3, 0.4) is 0 Å². The largest absolute Gasteiger partial charge is 0.379 e. The lowest BCUT2D eigenvalue weighted by Gasteiger charge is -2.24. The van der Waals surface area contributed by atoms with E-state index in [1.54, 1.807) is 7.11 Å². The molecule has 0 saturated carbocycles. The van der Waals surface area contributed by atoms with Gasteiger partial charge in [0.25, 0.3) is 0 Å². The van der Waals surface area contributed by atoms with Crippen LogP contribution >= 0.6 is 15.9 Å². The minimum atomic E-state index is -2.92. The normalized spacial score (nSPS) is 29.5. The van der Waals surface area contributed by atoms with Gasteiger partial charge in [-0.15, -0.1) is 0 Å². The summed E-state index contributed by atoms with van der Waals surface area (Å²) in [6.07, 6.45) is 0.525. The van der Waals surface area contributed by atoms with E-state index in [2.05, 4.69) is 15.9 Å². The first-order chi connectivity index (χ1) is 7.26. The molecule has 2 unspecified atom stereocenters. The minimum Gasteiger partial charge on any atom is -0.379 e. The molecule has 0 N–H and O–H groups in total. The second-order valence-electron chi connectivity index (χ2n) is 4.72. The molecule has 6 heteroatoms. The molecule has 1 rings (SSSR count). The zero-order valence-corrected chi connectivity index (χ0v) is 12.3. The molecule has 0 bridgehead atoms. The van der Waals surface area contributed by atoms with E-state index >= 15 is 0 Å². The Bertz CT molecular complexity index is 326. The zero-order valence-electron chi connectivity index (χ0n) is 9.90. The van der Waals surface area contributed by atoms with Crippen LogP contribution in [0.1, 0.15) is 20.3 Å². The van der Waals surface area contributed by atoms with Crippen molar-refractivity contribution in [3.05, 3.63) is 0 Å². The van der Waals surface area contributed by atoms with E-state index in [-0.39, 0.29) is 28.0 Å². The number of rotatable bonds is 5. The van der Waals surface area contributed by atoms with Crippen LogP contribution < -0.4 is 0 Å². The third-order valence-corrected chi connectivity index (χ3v) is 5.87. The molecule has 0 radical (unpaired) electrons. The Balaban J connectivity index is 2.35. The fourth-order valence-electron chi connectivity index (χ4n) is 1.48. The van der Waals surface area contributed by atoms with Gasteiger partial charge in [-0.1, -0.05) is 15.9 Å². The Morgan fingerprint density at radius 1 is 1.38 bits per heavy atom. The monoisotopic (exact) mass is 314 g/mol. The van der Waals surface area contributed by atoms with Crippen LogP contribution in [0.2, 0.25) is 0 Å². The lowest BCUT2D eigenvalue weighted by molar-refractivity contribution is -0.0208. The third-order valence-electron chi connectivity index (χ3n) is 2.82. The fraction of sp³-hybridized carbons (Fsp3) is 1.00. The van der Waals surface area contributed by atoms with Crippen molar-refractivity contribution in [1.82, 2.24) is 0 Å². The molecule has 0 spiro atoms. The highest BCUT2D eigenvalue weighted by atomic mass is 79.9. The molecular formula is C10H19BrO4S. The lowest BCUT2D eigenvalue weighted by Crippen LogP contribution is -2.28. The first-order valence-electron chi connectivity index (χ1n) is 5.27. The van der Waals surface area contributed by atoms with Crippen molar-refractivity contribution >= 4 is 25.8 Å². The Morgan fingerprint density at radius 3 is 2.44 bits per heavy atom. The van der Waals surface area contributed by atoms with E-state index in [1.165, 1.54) is 0 Å². The smallest absolute Gasteiger partial charge is 0.154 e. The number of methoxy groups -OCH3 is 1. The standard InChI is InChI=1S/C10H19BrO4S/c1-10(2,14-3)4-5-15-9-7-16(12,13)6-8(9)11/h8-9H,4-7H2,1-3H3. The summed E-state index contributed by atoms with van der Waals surface area (Å²) < 4.78 is 33.5. The van der Waals surface area contributed by atoms with E-state index in [0.29, 0.717) is 6.61 Å².